The molecule has 6 heteroatoms. The Kier molecular flexibility index (Phi) is 6.03. The second kappa shape index (κ2) is 8.23. The van der Waals surface area contributed by atoms with Gasteiger partial charge in [0.25, 0.3) is 0 Å². The summed E-state index contributed by atoms with van der Waals surface area (Å²) in [6.07, 6.45) is 2.36. The first-order chi connectivity index (χ1) is 11.7. The monoisotopic (exact) mass is 340 g/mol. The molecule has 2 heterocycles. The minimum Gasteiger partial charge on any atom is -0.435 e. The van der Waals surface area contributed by atoms with Gasteiger partial charge in [0.2, 0.25) is 0 Å². The van der Waals surface area contributed by atoms with Crippen LogP contribution in [0, 0.1) is 0 Å². The molecule has 0 bridgehead atoms. The zero-order chi connectivity index (χ0) is 16.9. The summed E-state index contributed by atoms with van der Waals surface area (Å²) in [5, 5.41) is 0. The Morgan fingerprint density at radius 3 is 2.96 bits per heavy atom. The third-order valence-corrected chi connectivity index (χ3v) is 4.85. The molecule has 0 amide bonds. The lowest BCUT2D eigenvalue weighted by molar-refractivity contribution is -0.0841. The van der Waals surface area contributed by atoms with Crippen LogP contribution in [0.3, 0.4) is 0 Å². The van der Waals surface area contributed by atoms with E-state index >= 15 is 0 Å². The van der Waals surface area contributed by atoms with E-state index in [0.717, 1.165) is 45.0 Å². The number of hydrogen-bond acceptors (Lipinski definition) is 4. The Morgan fingerprint density at radius 1 is 1.29 bits per heavy atom. The SMILES string of the molecule is CCC[C@H]1COC[C@H]2CN(Cc3cccc(OC(F)F)c3)CCN12. The Bertz CT molecular complexity index is 527. The summed E-state index contributed by atoms with van der Waals surface area (Å²) < 4.78 is 35.0. The molecular weight excluding hydrogens is 314 g/mol. The predicted molar refractivity (Wildman–Crippen MR) is 88.4 cm³/mol. The average Bonchev–Trinajstić information content (AvgIpc) is 2.55. The van der Waals surface area contributed by atoms with Crippen molar-refractivity contribution in [2.24, 2.45) is 0 Å². The molecule has 2 aliphatic heterocycles. The summed E-state index contributed by atoms with van der Waals surface area (Å²) in [5.41, 5.74) is 1.00. The van der Waals surface area contributed by atoms with Gasteiger partial charge in [-0.05, 0) is 24.1 Å². The van der Waals surface area contributed by atoms with Crippen molar-refractivity contribution < 1.29 is 18.3 Å². The first-order valence-electron chi connectivity index (χ1n) is 8.75. The quantitative estimate of drug-likeness (QED) is 0.795. The molecule has 0 saturated carbocycles. The number of halogens is 2. The second-order valence-electron chi connectivity index (χ2n) is 6.63. The number of ether oxygens (including phenoxy) is 2. The van der Waals surface area contributed by atoms with Gasteiger partial charge in [0.1, 0.15) is 5.75 Å². The molecule has 24 heavy (non-hydrogen) atoms. The number of nitrogens with zero attached hydrogens (tertiary/aromatic N) is 2. The molecule has 1 aromatic rings. The third kappa shape index (κ3) is 4.43. The summed E-state index contributed by atoms with van der Waals surface area (Å²) in [4.78, 5) is 4.97. The van der Waals surface area contributed by atoms with E-state index in [2.05, 4.69) is 21.5 Å². The fourth-order valence-corrected chi connectivity index (χ4v) is 3.80. The number of hydrogen-bond donors (Lipinski definition) is 0. The molecule has 2 atom stereocenters. The van der Waals surface area contributed by atoms with E-state index < -0.39 is 6.61 Å². The standard InChI is InChI=1S/C18H26F2N2O2/c1-2-4-15-12-23-13-16-11-21(7-8-22(15)16)10-14-5-3-6-17(9-14)24-18(19)20/h3,5-6,9,15-16,18H,2,4,7-8,10-13H2,1H3/t15-,16+/m0/s1. The molecule has 2 fully saturated rings. The molecule has 1 aromatic carbocycles. The van der Waals surface area contributed by atoms with Gasteiger partial charge in [-0.1, -0.05) is 25.5 Å². The highest BCUT2D eigenvalue weighted by Crippen LogP contribution is 2.23. The molecule has 4 nitrogen and oxygen atoms in total. The molecule has 134 valence electrons. The van der Waals surface area contributed by atoms with Crippen LogP contribution in [0.4, 0.5) is 8.78 Å². The molecule has 0 aliphatic carbocycles. The molecule has 0 aromatic heterocycles. The van der Waals surface area contributed by atoms with Gasteiger partial charge in [-0.3, -0.25) is 9.80 Å². The fraction of sp³-hybridized carbons (Fsp3) is 0.667. The van der Waals surface area contributed by atoms with Crippen LogP contribution >= 0.6 is 0 Å². The Hall–Kier alpha value is -1.24. The van der Waals surface area contributed by atoms with Crippen molar-refractivity contribution in [1.82, 2.24) is 9.80 Å². The van der Waals surface area contributed by atoms with Crippen LogP contribution in [0.5, 0.6) is 5.75 Å². The topological polar surface area (TPSA) is 24.9 Å². The maximum atomic E-state index is 12.3. The molecule has 3 rings (SSSR count). The zero-order valence-corrected chi connectivity index (χ0v) is 14.2. The Labute approximate surface area is 142 Å². The summed E-state index contributed by atoms with van der Waals surface area (Å²) >= 11 is 0. The minimum atomic E-state index is -2.78. The predicted octanol–water partition coefficient (Wildman–Crippen LogP) is 2.97. The number of benzene rings is 1. The van der Waals surface area contributed by atoms with Crippen molar-refractivity contribution in [3.8, 4) is 5.75 Å². The van der Waals surface area contributed by atoms with E-state index in [-0.39, 0.29) is 5.75 Å². The van der Waals surface area contributed by atoms with Crippen molar-refractivity contribution in [2.75, 3.05) is 32.8 Å². The van der Waals surface area contributed by atoms with Gasteiger partial charge in [-0.15, -0.1) is 0 Å². The van der Waals surface area contributed by atoms with E-state index in [1.165, 1.54) is 12.8 Å². The molecular formula is C18H26F2N2O2. The van der Waals surface area contributed by atoms with Crippen molar-refractivity contribution in [3.63, 3.8) is 0 Å². The maximum Gasteiger partial charge on any atom is 0.387 e. The van der Waals surface area contributed by atoms with Crippen LogP contribution in [0.1, 0.15) is 25.3 Å². The average molecular weight is 340 g/mol. The molecule has 2 saturated heterocycles. The van der Waals surface area contributed by atoms with Crippen molar-refractivity contribution >= 4 is 0 Å². The Morgan fingerprint density at radius 2 is 2.17 bits per heavy atom. The van der Waals surface area contributed by atoms with Gasteiger partial charge >= 0.3 is 6.61 Å². The fourth-order valence-electron chi connectivity index (χ4n) is 3.80. The molecule has 0 radical (unpaired) electrons. The van der Waals surface area contributed by atoms with Crippen LogP contribution in [0.25, 0.3) is 0 Å². The number of piperazine rings is 1. The maximum absolute atomic E-state index is 12.3. The number of fused-ring (bicyclic) bond motifs is 1. The van der Waals surface area contributed by atoms with Gasteiger partial charge in [-0.2, -0.15) is 8.78 Å². The summed E-state index contributed by atoms with van der Waals surface area (Å²) in [7, 11) is 0. The van der Waals surface area contributed by atoms with Crippen molar-refractivity contribution in [1.29, 1.82) is 0 Å². The van der Waals surface area contributed by atoms with Gasteiger partial charge < -0.3 is 9.47 Å². The van der Waals surface area contributed by atoms with Gasteiger partial charge in [0.05, 0.1) is 13.2 Å². The van der Waals surface area contributed by atoms with E-state index in [1.54, 1.807) is 18.2 Å². The molecule has 0 unspecified atom stereocenters. The lowest BCUT2D eigenvalue weighted by Gasteiger charge is -2.48. The molecule has 0 N–H and O–H groups in total. The van der Waals surface area contributed by atoms with E-state index in [0.29, 0.717) is 12.1 Å². The van der Waals surface area contributed by atoms with Crippen molar-refractivity contribution in [3.05, 3.63) is 29.8 Å². The van der Waals surface area contributed by atoms with E-state index in [1.807, 2.05) is 6.07 Å². The van der Waals surface area contributed by atoms with E-state index in [9.17, 15) is 8.78 Å². The lowest BCUT2D eigenvalue weighted by Crippen LogP contribution is -2.61. The second-order valence-corrected chi connectivity index (χ2v) is 6.63. The zero-order valence-electron chi connectivity index (χ0n) is 14.2. The number of alkyl halides is 2. The van der Waals surface area contributed by atoms with Gasteiger partial charge in [-0.25, -0.2) is 0 Å². The highest BCUT2D eigenvalue weighted by molar-refractivity contribution is 5.28. The molecule has 0 spiro atoms. The van der Waals surface area contributed by atoms with Gasteiger partial charge in [0, 0.05) is 38.3 Å². The first-order valence-corrected chi connectivity index (χ1v) is 8.75. The van der Waals surface area contributed by atoms with Crippen LogP contribution in [-0.2, 0) is 11.3 Å². The van der Waals surface area contributed by atoms with Crippen LogP contribution in [-0.4, -0.2) is 61.3 Å². The highest BCUT2D eigenvalue weighted by atomic mass is 19.3. The minimum absolute atomic E-state index is 0.227. The summed E-state index contributed by atoms with van der Waals surface area (Å²) in [5.74, 6) is 0.227. The van der Waals surface area contributed by atoms with Crippen LogP contribution < -0.4 is 4.74 Å². The van der Waals surface area contributed by atoms with Gasteiger partial charge in [0.15, 0.2) is 0 Å². The highest BCUT2D eigenvalue weighted by Gasteiger charge is 2.34. The lowest BCUT2D eigenvalue weighted by atomic mass is 10.0. The number of rotatable bonds is 6. The van der Waals surface area contributed by atoms with Crippen molar-refractivity contribution in [2.45, 2.75) is 45.0 Å². The third-order valence-electron chi connectivity index (χ3n) is 4.85. The van der Waals surface area contributed by atoms with Crippen LogP contribution in [0.15, 0.2) is 24.3 Å². The largest absolute Gasteiger partial charge is 0.435 e. The van der Waals surface area contributed by atoms with E-state index in [4.69, 9.17) is 4.74 Å². The molecule has 2 aliphatic rings. The normalized spacial score (nSPS) is 25.7. The Balaban J connectivity index is 1.58. The smallest absolute Gasteiger partial charge is 0.387 e. The number of morpholine rings is 1. The van der Waals surface area contributed by atoms with Crippen LogP contribution in [0.2, 0.25) is 0 Å². The summed E-state index contributed by atoms with van der Waals surface area (Å²) in [6.45, 7) is 4.82. The first kappa shape index (κ1) is 17.6. The summed E-state index contributed by atoms with van der Waals surface area (Å²) in [6, 6.07) is 7.98.